The van der Waals surface area contributed by atoms with Crippen molar-refractivity contribution in [1.82, 2.24) is 9.80 Å². The standard InChI is InChI=1S/C26H34N2O2/c1-20-10-12-21(13-11-20)17-27-15-14-26(22-8-6-5-7-9-22)16-23(27)18-28(19-26)24(29)30-25(2,3)4/h5-13,23H,14-19H2,1-4H3/t23-,26-/m0/s1. The summed E-state index contributed by atoms with van der Waals surface area (Å²) in [5.41, 5.74) is 3.49. The number of ether oxygens (including phenoxy) is 1. The molecule has 2 bridgehead atoms. The van der Waals surface area contributed by atoms with Crippen LogP contribution in [0.15, 0.2) is 54.6 Å². The second kappa shape index (κ2) is 8.07. The lowest BCUT2D eigenvalue weighted by atomic mass is 9.67. The first-order valence-electron chi connectivity index (χ1n) is 11.1. The minimum absolute atomic E-state index is 0.00482. The quantitative estimate of drug-likeness (QED) is 0.707. The van der Waals surface area contributed by atoms with Gasteiger partial charge in [-0.2, -0.15) is 0 Å². The third kappa shape index (κ3) is 4.54. The summed E-state index contributed by atoms with van der Waals surface area (Å²) in [6.07, 6.45) is 1.95. The van der Waals surface area contributed by atoms with Gasteiger partial charge in [0.25, 0.3) is 0 Å². The Labute approximate surface area is 180 Å². The molecule has 0 N–H and O–H groups in total. The van der Waals surface area contributed by atoms with Crippen molar-refractivity contribution in [2.24, 2.45) is 0 Å². The van der Waals surface area contributed by atoms with Crippen molar-refractivity contribution < 1.29 is 9.53 Å². The Bertz CT molecular complexity index is 872. The lowest BCUT2D eigenvalue weighted by Gasteiger charge is -2.54. The van der Waals surface area contributed by atoms with Crippen molar-refractivity contribution >= 4 is 6.09 Å². The number of likely N-dealkylation sites (tertiary alicyclic amines) is 2. The molecule has 30 heavy (non-hydrogen) atoms. The Kier molecular flexibility index (Phi) is 5.63. The van der Waals surface area contributed by atoms with Crippen molar-refractivity contribution in [3.05, 3.63) is 71.3 Å². The SMILES string of the molecule is Cc1ccc(CN2CC[C@]3(c4ccccc4)C[C@H]2CN(C(=O)OC(C)(C)C)C3)cc1. The maximum absolute atomic E-state index is 13.0. The molecule has 2 heterocycles. The van der Waals surface area contributed by atoms with Crippen LogP contribution in [-0.2, 0) is 16.7 Å². The van der Waals surface area contributed by atoms with E-state index < -0.39 is 5.60 Å². The number of amides is 1. The fourth-order valence-electron chi connectivity index (χ4n) is 4.98. The van der Waals surface area contributed by atoms with E-state index in [0.29, 0.717) is 6.04 Å². The lowest BCUT2D eigenvalue weighted by Crippen LogP contribution is -2.62. The van der Waals surface area contributed by atoms with Gasteiger partial charge in [-0.1, -0.05) is 60.2 Å². The molecule has 1 amide bonds. The van der Waals surface area contributed by atoms with Crippen LogP contribution in [0.4, 0.5) is 4.79 Å². The predicted octanol–water partition coefficient (Wildman–Crippen LogP) is 5.15. The minimum atomic E-state index is -0.481. The van der Waals surface area contributed by atoms with Gasteiger partial charge in [0.15, 0.2) is 0 Å². The van der Waals surface area contributed by atoms with Gasteiger partial charge in [-0.3, -0.25) is 4.90 Å². The summed E-state index contributed by atoms with van der Waals surface area (Å²) < 4.78 is 5.76. The van der Waals surface area contributed by atoms with Crippen LogP contribution in [0.5, 0.6) is 0 Å². The highest BCUT2D eigenvalue weighted by molar-refractivity contribution is 5.68. The minimum Gasteiger partial charge on any atom is -0.444 e. The molecule has 2 aromatic carbocycles. The summed E-state index contributed by atoms with van der Waals surface area (Å²) in [6.45, 7) is 11.4. The van der Waals surface area contributed by atoms with Gasteiger partial charge < -0.3 is 9.64 Å². The zero-order valence-corrected chi connectivity index (χ0v) is 18.7. The van der Waals surface area contributed by atoms with Crippen LogP contribution in [0.1, 0.15) is 50.3 Å². The molecule has 4 nitrogen and oxygen atoms in total. The van der Waals surface area contributed by atoms with Crippen molar-refractivity contribution in [3.63, 3.8) is 0 Å². The zero-order valence-electron chi connectivity index (χ0n) is 18.7. The van der Waals surface area contributed by atoms with E-state index >= 15 is 0 Å². The molecule has 2 saturated heterocycles. The van der Waals surface area contributed by atoms with Gasteiger partial charge in [-0.25, -0.2) is 4.79 Å². The summed E-state index contributed by atoms with van der Waals surface area (Å²) in [7, 11) is 0. The molecular formula is C26H34N2O2. The number of carbonyl (C=O) groups is 1. The Morgan fingerprint density at radius 2 is 1.80 bits per heavy atom. The average molecular weight is 407 g/mol. The molecule has 0 unspecified atom stereocenters. The fourth-order valence-corrected chi connectivity index (χ4v) is 4.98. The van der Waals surface area contributed by atoms with E-state index in [1.165, 1.54) is 16.7 Å². The highest BCUT2D eigenvalue weighted by Gasteiger charge is 2.48. The fraction of sp³-hybridized carbons (Fsp3) is 0.500. The van der Waals surface area contributed by atoms with Crippen LogP contribution in [-0.4, -0.2) is 47.2 Å². The first kappa shape index (κ1) is 20.9. The van der Waals surface area contributed by atoms with Gasteiger partial charge >= 0.3 is 6.09 Å². The van der Waals surface area contributed by atoms with Crippen molar-refractivity contribution in [3.8, 4) is 0 Å². The molecular weight excluding hydrogens is 372 g/mol. The highest BCUT2D eigenvalue weighted by Crippen LogP contribution is 2.43. The van der Waals surface area contributed by atoms with E-state index in [-0.39, 0.29) is 11.5 Å². The van der Waals surface area contributed by atoms with E-state index in [2.05, 4.69) is 66.4 Å². The van der Waals surface area contributed by atoms with Gasteiger partial charge in [-0.05, 0) is 58.2 Å². The molecule has 2 aromatic rings. The van der Waals surface area contributed by atoms with Crippen LogP contribution in [0.3, 0.4) is 0 Å². The topological polar surface area (TPSA) is 32.8 Å². The number of aryl methyl sites for hydroxylation is 1. The summed E-state index contributed by atoms with van der Waals surface area (Å²) in [4.78, 5) is 17.5. The molecule has 0 spiro atoms. The lowest BCUT2D eigenvalue weighted by molar-refractivity contribution is -0.0258. The molecule has 2 atom stereocenters. The molecule has 0 aromatic heterocycles. The summed E-state index contributed by atoms with van der Waals surface area (Å²) >= 11 is 0. The molecule has 0 saturated carbocycles. The maximum Gasteiger partial charge on any atom is 0.410 e. The number of rotatable bonds is 3. The van der Waals surface area contributed by atoms with Crippen molar-refractivity contribution in [1.29, 1.82) is 0 Å². The van der Waals surface area contributed by atoms with Crippen LogP contribution >= 0.6 is 0 Å². The summed E-state index contributed by atoms with van der Waals surface area (Å²) in [5, 5.41) is 0. The largest absolute Gasteiger partial charge is 0.444 e. The van der Waals surface area contributed by atoms with Crippen LogP contribution in [0.2, 0.25) is 0 Å². The molecule has 4 heteroatoms. The van der Waals surface area contributed by atoms with Crippen LogP contribution in [0, 0.1) is 6.92 Å². The third-order valence-electron chi connectivity index (χ3n) is 6.49. The number of fused-ring (bicyclic) bond motifs is 2. The Morgan fingerprint density at radius 1 is 1.10 bits per heavy atom. The smallest absolute Gasteiger partial charge is 0.410 e. The first-order chi connectivity index (χ1) is 14.2. The number of nitrogens with zero attached hydrogens (tertiary/aromatic N) is 2. The second-order valence-corrected chi connectivity index (χ2v) is 10.1. The van der Waals surface area contributed by atoms with Crippen LogP contribution in [0.25, 0.3) is 0 Å². The third-order valence-corrected chi connectivity index (χ3v) is 6.49. The average Bonchev–Trinajstić information content (AvgIpc) is 2.71. The van der Waals surface area contributed by atoms with Gasteiger partial charge in [-0.15, -0.1) is 0 Å². The van der Waals surface area contributed by atoms with E-state index in [1.807, 2.05) is 25.7 Å². The first-order valence-corrected chi connectivity index (χ1v) is 11.1. The Balaban J connectivity index is 1.59. The zero-order chi connectivity index (χ0) is 21.4. The van der Waals surface area contributed by atoms with E-state index in [9.17, 15) is 4.79 Å². The Hall–Kier alpha value is -2.33. The molecule has 4 rings (SSSR count). The number of hydrogen-bond donors (Lipinski definition) is 0. The van der Waals surface area contributed by atoms with E-state index in [0.717, 1.165) is 39.0 Å². The highest BCUT2D eigenvalue weighted by atomic mass is 16.6. The van der Waals surface area contributed by atoms with Gasteiger partial charge in [0.1, 0.15) is 5.60 Å². The number of carbonyl (C=O) groups excluding carboxylic acids is 1. The number of hydrogen-bond acceptors (Lipinski definition) is 3. The van der Waals surface area contributed by atoms with E-state index in [4.69, 9.17) is 4.74 Å². The maximum atomic E-state index is 13.0. The number of benzene rings is 2. The molecule has 160 valence electrons. The normalized spacial score (nSPS) is 24.5. The Morgan fingerprint density at radius 3 is 2.47 bits per heavy atom. The van der Waals surface area contributed by atoms with Gasteiger partial charge in [0.05, 0.1) is 0 Å². The molecule has 2 aliphatic heterocycles. The number of piperidine rings is 2. The molecule has 2 aliphatic rings. The second-order valence-electron chi connectivity index (χ2n) is 10.1. The summed E-state index contributed by atoms with van der Waals surface area (Å²) in [6, 6.07) is 19.9. The molecule has 0 radical (unpaired) electrons. The van der Waals surface area contributed by atoms with E-state index in [1.54, 1.807) is 0 Å². The summed E-state index contributed by atoms with van der Waals surface area (Å²) in [5.74, 6) is 0. The van der Waals surface area contributed by atoms with Crippen molar-refractivity contribution in [2.45, 2.75) is 64.1 Å². The molecule has 0 aliphatic carbocycles. The van der Waals surface area contributed by atoms with Gasteiger partial charge in [0.2, 0.25) is 0 Å². The van der Waals surface area contributed by atoms with Gasteiger partial charge in [0, 0.05) is 31.1 Å². The predicted molar refractivity (Wildman–Crippen MR) is 121 cm³/mol. The van der Waals surface area contributed by atoms with Crippen LogP contribution < -0.4 is 0 Å². The monoisotopic (exact) mass is 406 g/mol. The van der Waals surface area contributed by atoms with Crippen molar-refractivity contribution in [2.75, 3.05) is 19.6 Å². The molecule has 2 fully saturated rings.